The summed E-state index contributed by atoms with van der Waals surface area (Å²) in [6.07, 6.45) is 6.83. The number of hydrogen-bond donors (Lipinski definition) is 1. The van der Waals surface area contributed by atoms with Gasteiger partial charge in [-0.15, -0.1) is 0 Å². The second-order valence-corrected chi connectivity index (χ2v) is 8.58. The number of amides is 1. The SMILES string of the molecule is CC1CCCCN1c1ccc(NC(=O)/C=C/c2ccc(-c3ccc(Cl)cc3Cl)o2)cc1. The van der Waals surface area contributed by atoms with Crippen LogP contribution in [-0.2, 0) is 4.79 Å². The minimum absolute atomic E-state index is 0.221. The summed E-state index contributed by atoms with van der Waals surface area (Å²) in [5.74, 6) is 0.955. The molecule has 1 atom stereocenters. The third-order valence-corrected chi connectivity index (χ3v) is 6.04. The molecule has 0 radical (unpaired) electrons. The van der Waals surface area contributed by atoms with Gasteiger partial charge >= 0.3 is 0 Å². The van der Waals surface area contributed by atoms with E-state index in [0.29, 0.717) is 27.6 Å². The molecule has 2 aromatic carbocycles. The lowest BCUT2D eigenvalue weighted by Gasteiger charge is -2.35. The number of nitrogens with one attached hydrogen (secondary N) is 1. The zero-order valence-electron chi connectivity index (χ0n) is 17.3. The molecule has 1 fully saturated rings. The van der Waals surface area contributed by atoms with Crippen LogP contribution in [0.2, 0.25) is 10.0 Å². The number of benzene rings is 2. The highest BCUT2D eigenvalue weighted by Gasteiger charge is 2.18. The van der Waals surface area contributed by atoms with Gasteiger partial charge in [-0.1, -0.05) is 23.2 Å². The zero-order valence-corrected chi connectivity index (χ0v) is 18.8. The summed E-state index contributed by atoms with van der Waals surface area (Å²) in [5.41, 5.74) is 2.71. The highest BCUT2D eigenvalue weighted by molar-refractivity contribution is 6.36. The Balaban J connectivity index is 1.37. The van der Waals surface area contributed by atoms with Crippen LogP contribution in [0.5, 0.6) is 0 Å². The minimum atomic E-state index is -0.221. The number of hydrogen-bond acceptors (Lipinski definition) is 3. The average Bonchev–Trinajstić information content (AvgIpc) is 3.22. The van der Waals surface area contributed by atoms with Crippen LogP contribution in [0.3, 0.4) is 0 Å². The van der Waals surface area contributed by atoms with E-state index in [9.17, 15) is 4.79 Å². The Morgan fingerprint density at radius 2 is 1.90 bits per heavy atom. The zero-order chi connectivity index (χ0) is 21.8. The number of halogens is 2. The van der Waals surface area contributed by atoms with E-state index in [-0.39, 0.29) is 5.91 Å². The van der Waals surface area contributed by atoms with Gasteiger partial charge in [0.15, 0.2) is 0 Å². The van der Waals surface area contributed by atoms with Crippen LogP contribution in [0.4, 0.5) is 11.4 Å². The minimum Gasteiger partial charge on any atom is -0.457 e. The summed E-state index contributed by atoms with van der Waals surface area (Å²) in [7, 11) is 0. The third kappa shape index (κ3) is 5.33. The van der Waals surface area contributed by atoms with Gasteiger partial charge in [-0.05, 0) is 86.9 Å². The predicted octanol–water partition coefficient (Wildman–Crippen LogP) is 7.28. The van der Waals surface area contributed by atoms with Crippen molar-refractivity contribution in [1.29, 1.82) is 0 Å². The van der Waals surface area contributed by atoms with Gasteiger partial charge in [0, 0.05) is 40.6 Å². The first-order valence-corrected chi connectivity index (χ1v) is 11.2. The molecular formula is C25H24Cl2N2O2. The van der Waals surface area contributed by atoms with Gasteiger partial charge in [-0.2, -0.15) is 0 Å². The summed E-state index contributed by atoms with van der Waals surface area (Å²) >= 11 is 12.2. The summed E-state index contributed by atoms with van der Waals surface area (Å²) in [5, 5.41) is 3.96. The molecule has 4 rings (SSSR count). The molecule has 1 unspecified atom stereocenters. The predicted molar refractivity (Wildman–Crippen MR) is 129 cm³/mol. The standard InChI is InChI=1S/C25H24Cl2N2O2/c1-17-4-2-3-15-29(17)20-8-6-19(7-9-20)28-25(30)14-11-21-10-13-24(31-21)22-12-5-18(26)16-23(22)27/h5-14,16-17H,2-4,15H2,1H3,(H,28,30)/b14-11+. The first-order valence-electron chi connectivity index (χ1n) is 10.4. The lowest BCUT2D eigenvalue weighted by Crippen LogP contribution is -2.37. The molecule has 1 amide bonds. The largest absolute Gasteiger partial charge is 0.457 e. The van der Waals surface area contributed by atoms with E-state index in [1.807, 2.05) is 18.2 Å². The van der Waals surface area contributed by atoms with Crippen molar-refractivity contribution in [2.24, 2.45) is 0 Å². The molecule has 31 heavy (non-hydrogen) atoms. The Labute approximate surface area is 192 Å². The van der Waals surface area contributed by atoms with Crippen molar-refractivity contribution in [1.82, 2.24) is 0 Å². The molecule has 0 saturated carbocycles. The van der Waals surface area contributed by atoms with Crippen LogP contribution in [-0.4, -0.2) is 18.5 Å². The van der Waals surface area contributed by atoms with Crippen molar-refractivity contribution in [3.8, 4) is 11.3 Å². The molecule has 0 aliphatic carbocycles. The van der Waals surface area contributed by atoms with Crippen molar-refractivity contribution < 1.29 is 9.21 Å². The van der Waals surface area contributed by atoms with Crippen LogP contribution in [0, 0.1) is 0 Å². The first-order chi connectivity index (χ1) is 15.0. The van der Waals surface area contributed by atoms with Gasteiger partial charge in [-0.3, -0.25) is 4.79 Å². The van der Waals surface area contributed by atoms with E-state index < -0.39 is 0 Å². The van der Waals surface area contributed by atoms with E-state index in [4.69, 9.17) is 27.6 Å². The summed E-state index contributed by atoms with van der Waals surface area (Å²) < 4.78 is 5.78. The Bertz CT molecular complexity index is 1090. The number of carbonyl (C=O) groups excluding carboxylic acids is 1. The van der Waals surface area contributed by atoms with Crippen molar-refractivity contribution in [2.45, 2.75) is 32.2 Å². The maximum Gasteiger partial charge on any atom is 0.248 e. The molecule has 1 saturated heterocycles. The lowest BCUT2D eigenvalue weighted by molar-refractivity contribution is -0.111. The van der Waals surface area contributed by atoms with Crippen LogP contribution < -0.4 is 10.2 Å². The maximum atomic E-state index is 12.3. The van der Waals surface area contributed by atoms with Crippen molar-refractivity contribution in [3.63, 3.8) is 0 Å². The average molecular weight is 455 g/mol. The van der Waals surface area contributed by atoms with Gasteiger partial charge in [0.05, 0.1) is 5.02 Å². The van der Waals surface area contributed by atoms with E-state index in [1.165, 1.54) is 31.0 Å². The molecule has 1 aromatic heterocycles. The molecule has 0 spiro atoms. The lowest BCUT2D eigenvalue weighted by atomic mass is 10.0. The summed E-state index contributed by atoms with van der Waals surface area (Å²) in [6.45, 7) is 3.35. The first kappa shape index (κ1) is 21.5. The normalized spacial score (nSPS) is 16.6. The molecule has 2 heterocycles. The highest BCUT2D eigenvalue weighted by Crippen LogP contribution is 2.32. The van der Waals surface area contributed by atoms with E-state index in [2.05, 4.69) is 29.3 Å². The second-order valence-electron chi connectivity index (χ2n) is 7.73. The van der Waals surface area contributed by atoms with E-state index in [1.54, 1.807) is 30.3 Å². The van der Waals surface area contributed by atoms with Crippen LogP contribution >= 0.6 is 23.2 Å². The van der Waals surface area contributed by atoms with E-state index in [0.717, 1.165) is 17.8 Å². The molecule has 3 aromatic rings. The van der Waals surface area contributed by atoms with Crippen molar-refractivity contribution >= 4 is 46.6 Å². The highest BCUT2D eigenvalue weighted by atomic mass is 35.5. The molecule has 4 nitrogen and oxygen atoms in total. The topological polar surface area (TPSA) is 45.5 Å². The smallest absolute Gasteiger partial charge is 0.248 e. The van der Waals surface area contributed by atoms with Crippen LogP contribution in [0.1, 0.15) is 31.9 Å². The summed E-state index contributed by atoms with van der Waals surface area (Å²) in [4.78, 5) is 14.7. The quantitative estimate of drug-likeness (QED) is 0.411. The molecular weight excluding hydrogens is 431 g/mol. The number of furan rings is 1. The number of piperidine rings is 1. The Kier molecular flexibility index (Phi) is 6.69. The fourth-order valence-electron chi connectivity index (χ4n) is 3.84. The fraction of sp³-hybridized carbons (Fsp3) is 0.240. The monoisotopic (exact) mass is 454 g/mol. The Hall–Kier alpha value is -2.69. The second kappa shape index (κ2) is 9.63. The van der Waals surface area contributed by atoms with Gasteiger partial charge in [0.1, 0.15) is 11.5 Å². The molecule has 1 aliphatic rings. The third-order valence-electron chi connectivity index (χ3n) is 5.49. The van der Waals surface area contributed by atoms with Gasteiger partial charge in [-0.25, -0.2) is 0 Å². The number of nitrogens with zero attached hydrogens (tertiary/aromatic N) is 1. The number of anilines is 2. The Morgan fingerprint density at radius 3 is 2.65 bits per heavy atom. The van der Waals surface area contributed by atoms with Gasteiger partial charge in [0.2, 0.25) is 5.91 Å². The van der Waals surface area contributed by atoms with Crippen molar-refractivity contribution in [2.75, 3.05) is 16.8 Å². The van der Waals surface area contributed by atoms with Crippen LogP contribution in [0.15, 0.2) is 65.1 Å². The summed E-state index contributed by atoms with van der Waals surface area (Å²) in [6, 6.07) is 17.4. The molecule has 1 aliphatic heterocycles. The molecule has 160 valence electrons. The van der Waals surface area contributed by atoms with Gasteiger partial charge < -0.3 is 14.6 Å². The maximum absolute atomic E-state index is 12.3. The molecule has 0 bridgehead atoms. The number of rotatable bonds is 5. The number of carbonyl (C=O) groups is 1. The van der Waals surface area contributed by atoms with Gasteiger partial charge in [0.25, 0.3) is 0 Å². The molecule has 6 heteroatoms. The Morgan fingerprint density at radius 1 is 1.10 bits per heavy atom. The van der Waals surface area contributed by atoms with Crippen molar-refractivity contribution in [3.05, 3.63) is 76.5 Å². The van der Waals surface area contributed by atoms with Crippen LogP contribution in [0.25, 0.3) is 17.4 Å². The molecule has 1 N–H and O–H groups in total. The van der Waals surface area contributed by atoms with E-state index >= 15 is 0 Å². The fourth-order valence-corrected chi connectivity index (χ4v) is 4.34.